The minimum atomic E-state index is -3.45. The maximum atomic E-state index is 11.8. The Morgan fingerprint density at radius 2 is 2.07 bits per heavy atom. The van der Waals surface area contributed by atoms with Crippen molar-refractivity contribution in [1.29, 1.82) is 0 Å². The molecule has 14 heavy (non-hydrogen) atoms. The van der Waals surface area contributed by atoms with E-state index in [1.54, 1.807) is 6.92 Å². The van der Waals surface area contributed by atoms with Gasteiger partial charge in [-0.2, -0.15) is 0 Å². The standard InChI is InChI=1S/C7H13N3O2S2/c1-3-10(2)14(11,12)7-6(9)5(8)4-13-7/h4H,3,8-9H2,1-2H3. The van der Waals surface area contributed by atoms with Gasteiger partial charge < -0.3 is 11.5 Å². The van der Waals surface area contributed by atoms with E-state index in [0.717, 1.165) is 11.3 Å². The van der Waals surface area contributed by atoms with E-state index >= 15 is 0 Å². The van der Waals surface area contributed by atoms with Crippen LogP contribution in [0.3, 0.4) is 0 Å². The minimum Gasteiger partial charge on any atom is -0.396 e. The Labute approximate surface area is 87.4 Å². The largest absolute Gasteiger partial charge is 0.396 e. The van der Waals surface area contributed by atoms with E-state index in [1.165, 1.54) is 16.7 Å². The van der Waals surface area contributed by atoms with E-state index in [9.17, 15) is 8.42 Å². The molecule has 0 atom stereocenters. The van der Waals surface area contributed by atoms with Crippen molar-refractivity contribution in [2.45, 2.75) is 11.1 Å². The summed E-state index contributed by atoms with van der Waals surface area (Å²) < 4.78 is 25.0. The zero-order valence-corrected chi connectivity index (χ0v) is 9.65. The van der Waals surface area contributed by atoms with Gasteiger partial charge in [-0.05, 0) is 0 Å². The molecule has 0 unspecified atom stereocenters. The van der Waals surface area contributed by atoms with Crippen molar-refractivity contribution in [2.75, 3.05) is 25.1 Å². The first-order valence-electron chi connectivity index (χ1n) is 4.00. The van der Waals surface area contributed by atoms with Crippen LogP contribution in [-0.4, -0.2) is 26.3 Å². The molecule has 1 aromatic heterocycles. The summed E-state index contributed by atoms with van der Waals surface area (Å²) in [5.74, 6) is 0. The molecule has 1 rings (SSSR count). The highest BCUT2D eigenvalue weighted by Gasteiger charge is 2.24. The fourth-order valence-electron chi connectivity index (χ4n) is 0.873. The number of thiophene rings is 1. The van der Waals surface area contributed by atoms with Crippen molar-refractivity contribution in [2.24, 2.45) is 0 Å². The lowest BCUT2D eigenvalue weighted by atomic mass is 10.5. The Kier molecular flexibility index (Phi) is 3.03. The number of hydrogen-bond acceptors (Lipinski definition) is 5. The van der Waals surface area contributed by atoms with Crippen LogP contribution in [0.25, 0.3) is 0 Å². The van der Waals surface area contributed by atoms with Crippen molar-refractivity contribution >= 4 is 32.7 Å². The summed E-state index contributed by atoms with van der Waals surface area (Å²) in [5, 5.41) is 1.53. The lowest BCUT2D eigenvalue weighted by Crippen LogP contribution is -2.26. The summed E-state index contributed by atoms with van der Waals surface area (Å²) in [6.07, 6.45) is 0. The maximum absolute atomic E-state index is 11.8. The molecule has 80 valence electrons. The van der Waals surface area contributed by atoms with E-state index in [-0.39, 0.29) is 9.90 Å². The minimum absolute atomic E-state index is 0.124. The van der Waals surface area contributed by atoms with Crippen molar-refractivity contribution in [3.05, 3.63) is 5.38 Å². The molecule has 5 nitrogen and oxygen atoms in total. The number of nitrogen functional groups attached to an aromatic ring is 2. The van der Waals surface area contributed by atoms with Gasteiger partial charge in [0.05, 0.1) is 11.4 Å². The molecule has 0 aromatic carbocycles. The number of anilines is 2. The van der Waals surface area contributed by atoms with Gasteiger partial charge in [0, 0.05) is 19.0 Å². The number of nitrogens with two attached hydrogens (primary N) is 2. The average Bonchev–Trinajstić information content (AvgIpc) is 2.46. The quantitative estimate of drug-likeness (QED) is 0.800. The van der Waals surface area contributed by atoms with Crippen LogP contribution in [-0.2, 0) is 10.0 Å². The fourth-order valence-corrected chi connectivity index (χ4v) is 3.51. The van der Waals surface area contributed by atoms with Gasteiger partial charge >= 0.3 is 0 Å². The summed E-state index contributed by atoms with van der Waals surface area (Å²) in [7, 11) is -1.95. The Bertz CT molecular complexity index is 424. The van der Waals surface area contributed by atoms with E-state index in [4.69, 9.17) is 11.5 Å². The molecule has 0 saturated heterocycles. The number of sulfonamides is 1. The molecular formula is C7H13N3O2S2. The molecule has 0 saturated carbocycles. The van der Waals surface area contributed by atoms with Gasteiger partial charge in [0.25, 0.3) is 10.0 Å². The van der Waals surface area contributed by atoms with Crippen molar-refractivity contribution in [3.8, 4) is 0 Å². The van der Waals surface area contributed by atoms with Crippen molar-refractivity contribution in [1.82, 2.24) is 4.31 Å². The second kappa shape index (κ2) is 3.76. The van der Waals surface area contributed by atoms with E-state index < -0.39 is 10.0 Å². The van der Waals surface area contributed by atoms with Gasteiger partial charge in [-0.3, -0.25) is 0 Å². The van der Waals surface area contributed by atoms with Crippen LogP contribution in [0.2, 0.25) is 0 Å². The molecule has 1 heterocycles. The Morgan fingerprint density at radius 3 is 2.43 bits per heavy atom. The summed E-state index contributed by atoms with van der Waals surface area (Å²) in [6.45, 7) is 2.16. The van der Waals surface area contributed by atoms with Crippen LogP contribution in [0.1, 0.15) is 6.92 Å². The van der Waals surface area contributed by atoms with Crippen molar-refractivity contribution < 1.29 is 8.42 Å². The molecule has 1 aromatic rings. The molecule has 0 aliphatic heterocycles. The Hall–Kier alpha value is -0.790. The Balaban J connectivity index is 3.24. The summed E-state index contributed by atoms with van der Waals surface area (Å²) >= 11 is 1.05. The fraction of sp³-hybridized carbons (Fsp3) is 0.429. The van der Waals surface area contributed by atoms with Crippen LogP contribution in [0.4, 0.5) is 11.4 Å². The molecule has 0 fully saturated rings. The van der Waals surface area contributed by atoms with Gasteiger partial charge in [-0.25, -0.2) is 12.7 Å². The summed E-state index contributed by atoms with van der Waals surface area (Å²) in [5.41, 5.74) is 11.5. The molecule has 0 aliphatic rings. The smallest absolute Gasteiger partial charge is 0.254 e. The van der Waals surface area contributed by atoms with Crippen molar-refractivity contribution in [3.63, 3.8) is 0 Å². The van der Waals surface area contributed by atoms with Crippen LogP contribution < -0.4 is 11.5 Å². The maximum Gasteiger partial charge on any atom is 0.254 e. The zero-order valence-electron chi connectivity index (χ0n) is 8.02. The molecule has 0 radical (unpaired) electrons. The zero-order chi connectivity index (χ0) is 10.9. The third kappa shape index (κ3) is 1.70. The normalized spacial score (nSPS) is 12.2. The van der Waals surface area contributed by atoms with Crippen LogP contribution in [0.5, 0.6) is 0 Å². The second-order valence-electron chi connectivity index (χ2n) is 2.81. The SMILES string of the molecule is CCN(C)S(=O)(=O)c1scc(N)c1N. The first-order chi connectivity index (χ1) is 6.41. The predicted octanol–water partition coefficient (Wildman–Crippen LogP) is 0.553. The van der Waals surface area contributed by atoms with Crippen LogP contribution >= 0.6 is 11.3 Å². The third-order valence-electron chi connectivity index (χ3n) is 1.91. The highest BCUT2D eigenvalue weighted by molar-refractivity contribution is 7.91. The van der Waals surface area contributed by atoms with Gasteiger partial charge in [0.1, 0.15) is 0 Å². The number of nitrogens with zero attached hydrogens (tertiary/aromatic N) is 1. The molecular weight excluding hydrogens is 222 g/mol. The summed E-state index contributed by atoms with van der Waals surface area (Å²) in [6, 6.07) is 0. The lowest BCUT2D eigenvalue weighted by Gasteiger charge is -2.13. The third-order valence-corrected chi connectivity index (χ3v) is 5.41. The topological polar surface area (TPSA) is 89.4 Å². The lowest BCUT2D eigenvalue weighted by molar-refractivity contribution is 0.488. The molecule has 0 aliphatic carbocycles. The first kappa shape index (κ1) is 11.3. The van der Waals surface area contributed by atoms with E-state index in [1.807, 2.05) is 0 Å². The molecule has 0 amide bonds. The number of rotatable bonds is 3. The highest BCUT2D eigenvalue weighted by Crippen LogP contribution is 2.33. The van der Waals surface area contributed by atoms with Crippen LogP contribution in [0, 0.1) is 0 Å². The predicted molar refractivity (Wildman–Crippen MR) is 58.6 cm³/mol. The Morgan fingerprint density at radius 1 is 1.50 bits per heavy atom. The van der Waals surface area contributed by atoms with Gasteiger partial charge in [-0.15, -0.1) is 11.3 Å². The highest BCUT2D eigenvalue weighted by atomic mass is 32.2. The van der Waals surface area contributed by atoms with Gasteiger partial charge in [0.15, 0.2) is 4.21 Å². The molecule has 0 spiro atoms. The van der Waals surface area contributed by atoms with E-state index in [0.29, 0.717) is 12.2 Å². The average molecular weight is 235 g/mol. The van der Waals surface area contributed by atoms with E-state index in [2.05, 4.69) is 0 Å². The van der Waals surface area contributed by atoms with Gasteiger partial charge in [-0.1, -0.05) is 6.92 Å². The van der Waals surface area contributed by atoms with Crippen LogP contribution in [0.15, 0.2) is 9.59 Å². The number of hydrogen-bond donors (Lipinski definition) is 2. The molecule has 4 N–H and O–H groups in total. The monoisotopic (exact) mass is 235 g/mol. The molecule has 7 heteroatoms. The second-order valence-corrected chi connectivity index (χ2v) is 5.93. The first-order valence-corrected chi connectivity index (χ1v) is 6.32. The summed E-state index contributed by atoms with van der Waals surface area (Å²) in [4.78, 5) is 0. The van der Waals surface area contributed by atoms with Gasteiger partial charge in [0.2, 0.25) is 0 Å². The molecule has 0 bridgehead atoms.